The summed E-state index contributed by atoms with van der Waals surface area (Å²) in [7, 11) is 3.06. The summed E-state index contributed by atoms with van der Waals surface area (Å²) >= 11 is 0. The maximum atomic E-state index is 12.5. The lowest BCUT2D eigenvalue weighted by Gasteiger charge is -2.19. The van der Waals surface area contributed by atoms with E-state index in [0.717, 1.165) is 12.8 Å². The van der Waals surface area contributed by atoms with Crippen LogP contribution in [0.2, 0.25) is 0 Å². The number of anilines is 1. The van der Waals surface area contributed by atoms with E-state index in [1.54, 1.807) is 43.6 Å². The molecule has 2 aromatic rings. The van der Waals surface area contributed by atoms with E-state index in [0.29, 0.717) is 41.2 Å². The maximum Gasteiger partial charge on any atom is 0.319 e. The molecule has 30 heavy (non-hydrogen) atoms. The number of urea groups is 1. The first-order valence-electron chi connectivity index (χ1n) is 9.96. The average molecular weight is 418 g/mol. The summed E-state index contributed by atoms with van der Waals surface area (Å²) in [4.78, 5) is 16.6. The van der Waals surface area contributed by atoms with Gasteiger partial charge in [0.2, 0.25) is 5.88 Å². The number of rotatable bonds is 11. The molecule has 0 aliphatic carbocycles. The fraction of sp³-hybridized carbons (Fsp3) is 0.455. The van der Waals surface area contributed by atoms with E-state index >= 15 is 0 Å². The molecule has 2 rings (SSSR count). The van der Waals surface area contributed by atoms with Crippen LogP contribution in [0.25, 0.3) is 0 Å². The predicted molar refractivity (Wildman–Crippen MR) is 115 cm³/mol. The van der Waals surface area contributed by atoms with Crippen molar-refractivity contribution < 1.29 is 24.1 Å². The van der Waals surface area contributed by atoms with Crippen molar-refractivity contribution in [3.8, 4) is 17.4 Å². The van der Waals surface area contributed by atoms with Crippen LogP contribution < -0.4 is 24.8 Å². The number of nitrogens with one attached hydrogen (secondary N) is 2. The Kier molecular flexibility index (Phi) is 9.21. The van der Waals surface area contributed by atoms with Gasteiger partial charge in [0.25, 0.3) is 0 Å². The number of benzene rings is 1. The number of aliphatic hydroxyl groups excluding tert-OH is 1. The molecule has 0 saturated heterocycles. The second-order valence-corrected chi connectivity index (χ2v) is 7.19. The molecule has 0 saturated carbocycles. The molecule has 1 aromatic carbocycles. The Morgan fingerprint density at radius 3 is 2.63 bits per heavy atom. The zero-order valence-corrected chi connectivity index (χ0v) is 18.0. The van der Waals surface area contributed by atoms with Crippen LogP contribution >= 0.6 is 0 Å². The summed E-state index contributed by atoms with van der Waals surface area (Å²) in [6.45, 7) is 4.61. The van der Waals surface area contributed by atoms with Gasteiger partial charge in [0.15, 0.2) is 11.5 Å². The number of methoxy groups -OCH3 is 2. The molecule has 1 heterocycles. The minimum atomic E-state index is -0.668. The topological polar surface area (TPSA) is 102 Å². The number of amides is 2. The van der Waals surface area contributed by atoms with Crippen molar-refractivity contribution in [2.45, 2.75) is 32.7 Å². The van der Waals surface area contributed by atoms with Crippen LogP contribution in [-0.2, 0) is 0 Å². The summed E-state index contributed by atoms with van der Waals surface area (Å²) in [6, 6.07) is 7.48. The van der Waals surface area contributed by atoms with Crippen molar-refractivity contribution in [3.05, 3.63) is 42.1 Å². The summed E-state index contributed by atoms with van der Waals surface area (Å²) in [5.74, 6) is 2.12. The molecule has 3 N–H and O–H groups in total. The molecule has 0 bridgehead atoms. The monoisotopic (exact) mass is 417 g/mol. The van der Waals surface area contributed by atoms with Gasteiger partial charge in [-0.05, 0) is 43.0 Å². The minimum Gasteiger partial charge on any atom is -0.493 e. The van der Waals surface area contributed by atoms with Crippen molar-refractivity contribution in [3.63, 3.8) is 0 Å². The standard InChI is InChI=1S/C22H31N3O5/c1-15(2)7-6-12-30-20-13-16(9-10-19(20)28-3)24-22(27)25-18(14-26)17-8-5-11-23-21(17)29-4/h5,8-11,13,15,18,26H,6-7,12,14H2,1-4H3,(H2,24,25,27). The van der Waals surface area contributed by atoms with Gasteiger partial charge >= 0.3 is 6.03 Å². The Morgan fingerprint density at radius 2 is 1.97 bits per heavy atom. The highest BCUT2D eigenvalue weighted by molar-refractivity contribution is 5.90. The first-order chi connectivity index (χ1) is 14.5. The molecule has 164 valence electrons. The zero-order chi connectivity index (χ0) is 21.9. The summed E-state index contributed by atoms with van der Waals surface area (Å²) < 4.78 is 16.4. The normalized spacial score (nSPS) is 11.7. The highest BCUT2D eigenvalue weighted by Crippen LogP contribution is 2.30. The fourth-order valence-corrected chi connectivity index (χ4v) is 2.93. The molecule has 0 radical (unpaired) electrons. The molecule has 0 aliphatic rings. The van der Waals surface area contributed by atoms with Crippen LogP contribution in [0.15, 0.2) is 36.5 Å². The molecule has 2 amide bonds. The zero-order valence-electron chi connectivity index (χ0n) is 18.0. The molecule has 0 fully saturated rings. The van der Waals surface area contributed by atoms with E-state index in [9.17, 15) is 9.90 Å². The molecule has 1 unspecified atom stereocenters. The van der Waals surface area contributed by atoms with Crippen molar-refractivity contribution in [2.24, 2.45) is 5.92 Å². The first-order valence-corrected chi connectivity index (χ1v) is 9.96. The van der Waals surface area contributed by atoms with E-state index in [1.165, 1.54) is 7.11 Å². The Morgan fingerprint density at radius 1 is 1.17 bits per heavy atom. The lowest BCUT2D eigenvalue weighted by Crippen LogP contribution is -2.34. The number of aromatic nitrogens is 1. The van der Waals surface area contributed by atoms with Crippen LogP contribution in [0.3, 0.4) is 0 Å². The van der Waals surface area contributed by atoms with E-state index in [2.05, 4.69) is 29.5 Å². The molecular formula is C22H31N3O5. The SMILES string of the molecule is COc1ccc(NC(=O)NC(CO)c2cccnc2OC)cc1OCCCC(C)C. The van der Waals surface area contributed by atoms with E-state index in [-0.39, 0.29) is 6.61 Å². The van der Waals surface area contributed by atoms with E-state index < -0.39 is 12.1 Å². The quantitative estimate of drug-likeness (QED) is 0.481. The molecule has 1 atom stereocenters. The molecule has 0 aliphatic heterocycles. The highest BCUT2D eigenvalue weighted by Gasteiger charge is 2.19. The highest BCUT2D eigenvalue weighted by atomic mass is 16.5. The van der Waals surface area contributed by atoms with Gasteiger partial charge in [-0.3, -0.25) is 0 Å². The number of nitrogens with zero attached hydrogens (tertiary/aromatic N) is 1. The lowest BCUT2D eigenvalue weighted by atomic mass is 10.1. The number of hydrogen-bond donors (Lipinski definition) is 3. The molecule has 8 nitrogen and oxygen atoms in total. The third kappa shape index (κ3) is 6.81. The van der Waals surface area contributed by atoms with Crippen molar-refractivity contribution >= 4 is 11.7 Å². The third-order valence-corrected chi connectivity index (χ3v) is 4.46. The van der Waals surface area contributed by atoms with E-state index in [1.807, 2.05) is 0 Å². The van der Waals surface area contributed by atoms with Gasteiger partial charge in [-0.2, -0.15) is 0 Å². The predicted octanol–water partition coefficient (Wildman–Crippen LogP) is 3.77. The van der Waals surface area contributed by atoms with Gasteiger partial charge < -0.3 is 30.0 Å². The Labute approximate surface area is 177 Å². The largest absolute Gasteiger partial charge is 0.493 e. The molecule has 0 spiro atoms. The van der Waals surface area contributed by atoms with Crippen LogP contribution in [0.1, 0.15) is 38.3 Å². The van der Waals surface area contributed by atoms with Gasteiger partial charge in [0.1, 0.15) is 0 Å². The van der Waals surface area contributed by atoms with Gasteiger partial charge in [0.05, 0.1) is 33.5 Å². The number of hydrogen-bond acceptors (Lipinski definition) is 6. The number of carbonyl (C=O) groups is 1. The second-order valence-electron chi connectivity index (χ2n) is 7.19. The van der Waals surface area contributed by atoms with E-state index in [4.69, 9.17) is 14.2 Å². The van der Waals surface area contributed by atoms with Gasteiger partial charge in [0, 0.05) is 23.5 Å². The number of ether oxygens (including phenoxy) is 3. The summed E-state index contributed by atoms with van der Waals surface area (Å²) in [6.07, 6.45) is 3.59. The number of aliphatic hydroxyl groups is 1. The van der Waals surface area contributed by atoms with Gasteiger partial charge in [-0.15, -0.1) is 0 Å². The van der Waals surface area contributed by atoms with Crippen LogP contribution in [0.5, 0.6) is 17.4 Å². The minimum absolute atomic E-state index is 0.303. The van der Waals surface area contributed by atoms with Crippen LogP contribution in [0, 0.1) is 5.92 Å². The first kappa shape index (κ1) is 23.3. The molecule has 8 heteroatoms. The average Bonchev–Trinajstić information content (AvgIpc) is 2.75. The van der Waals surface area contributed by atoms with Gasteiger partial charge in [-0.25, -0.2) is 9.78 Å². The van der Waals surface area contributed by atoms with Crippen molar-refractivity contribution in [2.75, 3.05) is 32.8 Å². The number of pyridine rings is 1. The van der Waals surface area contributed by atoms with Crippen molar-refractivity contribution in [1.29, 1.82) is 0 Å². The fourth-order valence-electron chi connectivity index (χ4n) is 2.93. The van der Waals surface area contributed by atoms with Crippen LogP contribution in [0.4, 0.5) is 10.5 Å². The summed E-state index contributed by atoms with van der Waals surface area (Å²) in [5.41, 5.74) is 1.13. The van der Waals surface area contributed by atoms with Crippen molar-refractivity contribution in [1.82, 2.24) is 10.3 Å². The smallest absolute Gasteiger partial charge is 0.319 e. The Balaban J connectivity index is 2.03. The maximum absolute atomic E-state index is 12.5. The Hall–Kier alpha value is -3.00. The summed E-state index contributed by atoms with van der Waals surface area (Å²) in [5, 5.41) is 15.2. The molecular weight excluding hydrogens is 386 g/mol. The number of carbonyl (C=O) groups excluding carboxylic acids is 1. The van der Waals surface area contributed by atoms with Gasteiger partial charge in [-0.1, -0.05) is 13.8 Å². The lowest BCUT2D eigenvalue weighted by molar-refractivity contribution is 0.223. The third-order valence-electron chi connectivity index (χ3n) is 4.46. The molecule has 1 aromatic heterocycles. The Bertz CT molecular complexity index is 813. The second kappa shape index (κ2) is 11.9. The van der Waals surface area contributed by atoms with Crippen LogP contribution in [-0.4, -0.2) is 43.6 Å².